The molecule has 0 amide bonds. The number of esters is 1. The van der Waals surface area contributed by atoms with Gasteiger partial charge >= 0.3 is 5.97 Å². The zero-order valence-electron chi connectivity index (χ0n) is 11.1. The van der Waals surface area contributed by atoms with E-state index in [4.69, 9.17) is 4.74 Å². The molecular formula is C15H16ClNO2S. The van der Waals surface area contributed by atoms with E-state index in [1.807, 2.05) is 18.2 Å². The van der Waals surface area contributed by atoms with E-state index in [0.717, 1.165) is 17.2 Å². The summed E-state index contributed by atoms with van der Waals surface area (Å²) < 4.78 is 4.75. The van der Waals surface area contributed by atoms with E-state index in [-0.39, 0.29) is 18.4 Å². The summed E-state index contributed by atoms with van der Waals surface area (Å²) in [5.41, 5.74) is 1.81. The molecule has 0 spiro atoms. The zero-order chi connectivity index (χ0) is 13.5. The zero-order valence-corrected chi connectivity index (χ0v) is 12.7. The number of nitrogens with zero attached hydrogens (tertiary/aromatic N) is 1. The van der Waals surface area contributed by atoms with Crippen molar-refractivity contribution >= 4 is 30.1 Å². The molecule has 5 heteroatoms. The molecule has 0 atom stereocenters. The smallest absolute Gasteiger partial charge is 0.340 e. The third-order valence-electron chi connectivity index (χ3n) is 2.65. The van der Waals surface area contributed by atoms with Gasteiger partial charge < -0.3 is 4.74 Å². The molecule has 0 saturated heterocycles. The van der Waals surface area contributed by atoms with Gasteiger partial charge in [-0.2, -0.15) is 0 Å². The number of carbonyl (C=O) groups excluding carboxylic acids is 1. The van der Waals surface area contributed by atoms with Gasteiger partial charge in [-0.05, 0) is 24.1 Å². The van der Waals surface area contributed by atoms with Crippen LogP contribution in [0.2, 0.25) is 0 Å². The quantitative estimate of drug-likeness (QED) is 0.624. The Kier molecular flexibility index (Phi) is 7.12. The van der Waals surface area contributed by atoms with E-state index in [0.29, 0.717) is 5.56 Å². The number of benzene rings is 1. The van der Waals surface area contributed by atoms with Gasteiger partial charge in [-0.1, -0.05) is 30.3 Å². The monoisotopic (exact) mass is 309 g/mol. The van der Waals surface area contributed by atoms with Crippen LogP contribution in [0.1, 0.15) is 15.9 Å². The number of ether oxygens (including phenoxy) is 1. The van der Waals surface area contributed by atoms with E-state index < -0.39 is 0 Å². The summed E-state index contributed by atoms with van der Waals surface area (Å²) in [6, 6.07) is 13.7. The molecule has 1 aromatic carbocycles. The van der Waals surface area contributed by atoms with Crippen LogP contribution in [0.4, 0.5) is 0 Å². The standard InChI is InChI=1S/C15H15NO2S.ClH/c1-18-15(17)13-8-5-10-16-14(13)19-11-9-12-6-3-2-4-7-12;/h2-8,10H,9,11H2,1H3;1H. The average Bonchev–Trinajstić information content (AvgIpc) is 2.48. The van der Waals surface area contributed by atoms with E-state index >= 15 is 0 Å². The van der Waals surface area contributed by atoms with Crippen molar-refractivity contribution in [3.63, 3.8) is 0 Å². The number of rotatable bonds is 5. The van der Waals surface area contributed by atoms with Gasteiger partial charge in [0.25, 0.3) is 0 Å². The molecular weight excluding hydrogens is 294 g/mol. The van der Waals surface area contributed by atoms with Gasteiger partial charge in [0, 0.05) is 11.9 Å². The number of pyridine rings is 1. The Labute approximate surface area is 129 Å². The summed E-state index contributed by atoms with van der Waals surface area (Å²) >= 11 is 1.57. The van der Waals surface area contributed by atoms with Crippen LogP contribution in [0, 0.1) is 0 Å². The van der Waals surface area contributed by atoms with Gasteiger partial charge in [0.05, 0.1) is 12.7 Å². The van der Waals surface area contributed by atoms with E-state index in [9.17, 15) is 4.79 Å². The second-order valence-electron chi connectivity index (χ2n) is 3.93. The van der Waals surface area contributed by atoms with Crippen molar-refractivity contribution in [2.75, 3.05) is 12.9 Å². The third kappa shape index (κ3) is 4.54. The molecule has 106 valence electrons. The Morgan fingerprint density at radius 3 is 2.65 bits per heavy atom. The molecule has 0 bridgehead atoms. The minimum Gasteiger partial charge on any atom is -0.465 e. The maximum atomic E-state index is 11.6. The SMILES string of the molecule is COC(=O)c1cccnc1SCCc1ccccc1.Cl. The lowest BCUT2D eigenvalue weighted by Gasteiger charge is -2.06. The van der Waals surface area contributed by atoms with Crippen LogP contribution in [0.5, 0.6) is 0 Å². The summed E-state index contributed by atoms with van der Waals surface area (Å²) in [4.78, 5) is 15.8. The molecule has 0 aliphatic rings. The summed E-state index contributed by atoms with van der Waals surface area (Å²) in [6.07, 6.45) is 2.64. The van der Waals surface area contributed by atoms with Crippen LogP contribution >= 0.6 is 24.2 Å². The van der Waals surface area contributed by atoms with Gasteiger partial charge in [-0.15, -0.1) is 24.2 Å². The first-order valence-electron chi connectivity index (χ1n) is 6.01. The van der Waals surface area contributed by atoms with Crippen molar-refractivity contribution in [1.82, 2.24) is 4.98 Å². The molecule has 0 aliphatic heterocycles. The van der Waals surface area contributed by atoms with Gasteiger partial charge in [0.15, 0.2) is 0 Å². The fourth-order valence-corrected chi connectivity index (χ4v) is 2.65. The van der Waals surface area contributed by atoms with Crippen LogP contribution in [0.25, 0.3) is 0 Å². The molecule has 0 fully saturated rings. The number of thioether (sulfide) groups is 1. The van der Waals surface area contributed by atoms with Crippen molar-refractivity contribution in [3.05, 3.63) is 59.8 Å². The molecule has 2 rings (SSSR count). The minimum atomic E-state index is -0.338. The molecule has 0 radical (unpaired) electrons. The van der Waals surface area contributed by atoms with Crippen LogP contribution in [-0.4, -0.2) is 23.8 Å². The molecule has 0 N–H and O–H groups in total. The van der Waals surface area contributed by atoms with Gasteiger partial charge in [0.2, 0.25) is 0 Å². The molecule has 0 saturated carbocycles. The number of methoxy groups -OCH3 is 1. The summed E-state index contributed by atoms with van der Waals surface area (Å²) in [6.45, 7) is 0. The number of aromatic nitrogens is 1. The van der Waals surface area contributed by atoms with Crippen molar-refractivity contribution in [2.24, 2.45) is 0 Å². The molecule has 20 heavy (non-hydrogen) atoms. The highest BCUT2D eigenvalue weighted by atomic mass is 35.5. The number of hydrogen-bond acceptors (Lipinski definition) is 4. The summed E-state index contributed by atoms with van der Waals surface area (Å²) in [5, 5.41) is 0.727. The Hall–Kier alpha value is -1.52. The number of aryl methyl sites for hydroxylation is 1. The first kappa shape index (κ1) is 16.5. The maximum absolute atomic E-state index is 11.6. The fraction of sp³-hybridized carbons (Fsp3) is 0.200. The number of hydrogen-bond donors (Lipinski definition) is 0. The van der Waals surface area contributed by atoms with E-state index in [1.54, 1.807) is 30.1 Å². The highest BCUT2D eigenvalue weighted by molar-refractivity contribution is 7.99. The number of carbonyl (C=O) groups is 1. The second kappa shape index (κ2) is 8.61. The fourth-order valence-electron chi connectivity index (χ4n) is 1.68. The van der Waals surface area contributed by atoms with Gasteiger partial charge in [-0.3, -0.25) is 0 Å². The highest BCUT2D eigenvalue weighted by Gasteiger charge is 2.12. The van der Waals surface area contributed by atoms with Gasteiger partial charge in [0.1, 0.15) is 5.03 Å². The lowest BCUT2D eigenvalue weighted by atomic mass is 10.2. The largest absolute Gasteiger partial charge is 0.465 e. The molecule has 2 aromatic rings. The van der Waals surface area contributed by atoms with Crippen LogP contribution in [0.15, 0.2) is 53.7 Å². The normalized spacial score (nSPS) is 9.65. The Bertz CT molecular complexity index is 549. The molecule has 1 aromatic heterocycles. The predicted molar refractivity (Wildman–Crippen MR) is 83.7 cm³/mol. The third-order valence-corrected chi connectivity index (χ3v) is 3.66. The second-order valence-corrected chi connectivity index (χ2v) is 5.02. The Morgan fingerprint density at radius 1 is 1.20 bits per heavy atom. The lowest BCUT2D eigenvalue weighted by molar-refractivity contribution is 0.0596. The predicted octanol–water partition coefficient (Wildman–Crippen LogP) is 3.62. The first-order valence-corrected chi connectivity index (χ1v) is 7.00. The van der Waals surface area contributed by atoms with Crippen LogP contribution in [-0.2, 0) is 11.2 Å². The van der Waals surface area contributed by atoms with Crippen molar-refractivity contribution in [3.8, 4) is 0 Å². The van der Waals surface area contributed by atoms with Crippen LogP contribution < -0.4 is 0 Å². The number of halogens is 1. The summed E-state index contributed by atoms with van der Waals surface area (Å²) in [5.74, 6) is 0.542. The van der Waals surface area contributed by atoms with Crippen LogP contribution in [0.3, 0.4) is 0 Å². The van der Waals surface area contributed by atoms with E-state index in [2.05, 4.69) is 17.1 Å². The Balaban J connectivity index is 0.00000200. The van der Waals surface area contributed by atoms with Crippen molar-refractivity contribution < 1.29 is 9.53 Å². The van der Waals surface area contributed by atoms with E-state index in [1.165, 1.54) is 12.7 Å². The Morgan fingerprint density at radius 2 is 1.95 bits per heavy atom. The highest BCUT2D eigenvalue weighted by Crippen LogP contribution is 2.21. The average molecular weight is 310 g/mol. The van der Waals surface area contributed by atoms with Crippen molar-refractivity contribution in [2.45, 2.75) is 11.4 Å². The topological polar surface area (TPSA) is 39.2 Å². The summed E-state index contributed by atoms with van der Waals surface area (Å²) in [7, 11) is 1.38. The molecule has 1 heterocycles. The minimum absolute atomic E-state index is 0. The lowest BCUT2D eigenvalue weighted by Crippen LogP contribution is -2.04. The molecule has 3 nitrogen and oxygen atoms in total. The first-order chi connectivity index (χ1) is 9.31. The van der Waals surface area contributed by atoms with Crippen molar-refractivity contribution in [1.29, 1.82) is 0 Å². The maximum Gasteiger partial charge on any atom is 0.340 e. The van der Waals surface area contributed by atoms with Gasteiger partial charge in [-0.25, -0.2) is 9.78 Å². The molecule has 0 unspecified atom stereocenters. The molecule has 0 aliphatic carbocycles.